The van der Waals surface area contributed by atoms with E-state index in [0.717, 1.165) is 18.2 Å². The van der Waals surface area contributed by atoms with Crippen LogP contribution < -0.4 is 16.8 Å². The number of phenols is 1. The summed E-state index contributed by atoms with van der Waals surface area (Å²) in [6, 6.07) is 2.46. The minimum Gasteiger partial charge on any atom is -0.506 e. The van der Waals surface area contributed by atoms with Crippen LogP contribution in [0.2, 0.25) is 0 Å². The molecule has 19 heavy (non-hydrogen) atoms. The summed E-state index contributed by atoms with van der Waals surface area (Å²) in [6.07, 6.45) is -6.17. The van der Waals surface area contributed by atoms with E-state index >= 15 is 0 Å². The first-order valence-electron chi connectivity index (χ1n) is 4.67. The average molecular weight is 289 g/mol. The number of nitrogen functional groups attached to an aromatic ring is 1. The molecular formula is C9H9F6N3O. The molecule has 1 unspecified atom stereocenters. The van der Waals surface area contributed by atoms with Gasteiger partial charge >= 0.3 is 18.0 Å². The van der Waals surface area contributed by atoms with E-state index in [9.17, 15) is 26.3 Å². The lowest BCUT2D eigenvalue weighted by atomic mass is 10.2. The smallest absolute Gasteiger partial charge is 0.460 e. The van der Waals surface area contributed by atoms with Gasteiger partial charge in [-0.3, -0.25) is 5.73 Å². The maximum Gasteiger partial charge on any atom is 0.460 e. The van der Waals surface area contributed by atoms with Crippen molar-refractivity contribution in [3.8, 4) is 5.75 Å². The Morgan fingerprint density at radius 2 is 1.58 bits per heavy atom. The van der Waals surface area contributed by atoms with Gasteiger partial charge in [-0.2, -0.15) is 26.3 Å². The van der Waals surface area contributed by atoms with Gasteiger partial charge in [0.2, 0.25) is 0 Å². The highest BCUT2D eigenvalue weighted by molar-refractivity contribution is 5.62. The van der Waals surface area contributed by atoms with E-state index < -0.39 is 29.5 Å². The molecule has 0 aromatic heterocycles. The molecule has 0 aliphatic heterocycles. The number of halogens is 6. The number of phenolic OH excluding ortho intramolecular Hbond substituents is 1. The van der Waals surface area contributed by atoms with E-state index in [4.69, 9.17) is 10.8 Å². The van der Waals surface area contributed by atoms with Crippen LogP contribution in [0.5, 0.6) is 5.75 Å². The maximum absolute atomic E-state index is 13.4. The van der Waals surface area contributed by atoms with Crippen molar-refractivity contribution in [3.63, 3.8) is 0 Å². The Balaban J connectivity index is 3.05. The number of nitrogens with two attached hydrogens (primary N) is 2. The third kappa shape index (κ3) is 2.78. The number of rotatable bonds is 3. The van der Waals surface area contributed by atoms with Gasteiger partial charge in [0.05, 0.1) is 5.69 Å². The van der Waals surface area contributed by atoms with Crippen LogP contribution >= 0.6 is 0 Å². The molecule has 1 aromatic carbocycles. The molecule has 10 heteroatoms. The zero-order valence-electron chi connectivity index (χ0n) is 9.10. The Hall–Kier alpha value is -1.84. The fourth-order valence-electron chi connectivity index (χ4n) is 1.13. The molecule has 108 valence electrons. The molecule has 0 aliphatic carbocycles. The number of alkyl halides is 6. The van der Waals surface area contributed by atoms with Crippen LogP contribution in [0.3, 0.4) is 0 Å². The number of hydrogen-bond acceptors (Lipinski definition) is 4. The van der Waals surface area contributed by atoms with Gasteiger partial charge < -0.3 is 16.2 Å². The van der Waals surface area contributed by atoms with E-state index in [1.165, 1.54) is 5.32 Å². The van der Waals surface area contributed by atoms with Crippen molar-refractivity contribution in [2.24, 2.45) is 5.73 Å². The van der Waals surface area contributed by atoms with Crippen LogP contribution in [0.25, 0.3) is 0 Å². The van der Waals surface area contributed by atoms with Gasteiger partial charge in [0.15, 0.2) is 0 Å². The summed E-state index contributed by atoms with van der Waals surface area (Å²) in [5.74, 6) is -10.9. The molecule has 0 amide bonds. The number of nitrogens with one attached hydrogen (secondary N) is 1. The molecule has 1 rings (SSSR count). The van der Waals surface area contributed by atoms with Gasteiger partial charge in [0, 0.05) is 5.69 Å². The van der Waals surface area contributed by atoms with Crippen LogP contribution in [0.1, 0.15) is 0 Å². The standard InChI is InChI=1S/C9H9F6N3O/c10-7(11,8(12,13)14)9(15,17)18-4-1-2-6(19)5(16)3-4/h1-3,18-19H,16-17H2. The lowest BCUT2D eigenvalue weighted by molar-refractivity contribution is -0.321. The molecule has 0 radical (unpaired) electrons. The van der Waals surface area contributed by atoms with Crippen molar-refractivity contribution in [2.75, 3.05) is 11.1 Å². The SMILES string of the molecule is Nc1cc(NC(N)(F)C(F)(F)C(F)(F)F)ccc1O. The highest BCUT2D eigenvalue weighted by Gasteiger charge is 2.70. The van der Waals surface area contributed by atoms with E-state index in [0.29, 0.717) is 0 Å². The Morgan fingerprint density at radius 1 is 1.05 bits per heavy atom. The summed E-state index contributed by atoms with van der Waals surface area (Å²) in [6.45, 7) is 0. The van der Waals surface area contributed by atoms with Crippen LogP contribution in [0.4, 0.5) is 37.7 Å². The van der Waals surface area contributed by atoms with Gasteiger partial charge in [-0.05, 0) is 18.2 Å². The Bertz CT molecular complexity index is 474. The molecule has 6 N–H and O–H groups in total. The second-order valence-electron chi connectivity index (χ2n) is 3.68. The maximum atomic E-state index is 13.4. The lowest BCUT2D eigenvalue weighted by Crippen LogP contribution is -2.64. The molecule has 0 saturated carbocycles. The first kappa shape index (κ1) is 15.2. The number of hydrogen-bond donors (Lipinski definition) is 4. The van der Waals surface area contributed by atoms with E-state index in [1.807, 2.05) is 0 Å². The lowest BCUT2D eigenvalue weighted by Gasteiger charge is -2.32. The Kier molecular flexibility index (Phi) is 3.50. The van der Waals surface area contributed by atoms with E-state index in [1.54, 1.807) is 0 Å². The van der Waals surface area contributed by atoms with Gasteiger partial charge in [0.25, 0.3) is 0 Å². The molecule has 0 bridgehead atoms. The van der Waals surface area contributed by atoms with Gasteiger partial charge in [0.1, 0.15) is 5.75 Å². The second kappa shape index (κ2) is 4.37. The fourth-order valence-corrected chi connectivity index (χ4v) is 1.13. The molecule has 0 aliphatic rings. The molecule has 0 heterocycles. The van der Waals surface area contributed by atoms with Crippen LogP contribution in [0.15, 0.2) is 18.2 Å². The average Bonchev–Trinajstić information content (AvgIpc) is 2.21. The Morgan fingerprint density at radius 3 is 2.00 bits per heavy atom. The largest absolute Gasteiger partial charge is 0.506 e. The zero-order valence-corrected chi connectivity index (χ0v) is 9.10. The summed E-state index contributed by atoms with van der Waals surface area (Å²) in [5.41, 5.74) is 8.62. The van der Waals surface area contributed by atoms with E-state index in [-0.39, 0.29) is 5.69 Å². The molecule has 0 saturated heterocycles. The van der Waals surface area contributed by atoms with Gasteiger partial charge in [-0.1, -0.05) is 0 Å². The summed E-state index contributed by atoms with van der Waals surface area (Å²) >= 11 is 0. The monoisotopic (exact) mass is 289 g/mol. The van der Waals surface area contributed by atoms with Crippen molar-refractivity contribution in [1.82, 2.24) is 0 Å². The normalized spacial score (nSPS) is 15.9. The third-order valence-corrected chi connectivity index (χ3v) is 2.17. The van der Waals surface area contributed by atoms with Gasteiger partial charge in [-0.15, -0.1) is 0 Å². The molecule has 1 atom stereocenters. The summed E-state index contributed by atoms with van der Waals surface area (Å²) in [4.78, 5) is 0. The minimum atomic E-state index is -6.17. The first-order valence-corrected chi connectivity index (χ1v) is 4.67. The quantitative estimate of drug-likeness (QED) is 0.172. The van der Waals surface area contributed by atoms with Crippen molar-refractivity contribution < 1.29 is 31.4 Å². The number of benzene rings is 1. The number of anilines is 2. The molecular weight excluding hydrogens is 280 g/mol. The van der Waals surface area contributed by atoms with Crippen LogP contribution in [0, 0.1) is 0 Å². The van der Waals surface area contributed by atoms with Crippen LogP contribution in [-0.2, 0) is 0 Å². The predicted octanol–water partition coefficient (Wildman–Crippen LogP) is 2.17. The van der Waals surface area contributed by atoms with Crippen molar-refractivity contribution in [2.45, 2.75) is 18.0 Å². The van der Waals surface area contributed by atoms with Gasteiger partial charge in [-0.25, -0.2) is 0 Å². The molecule has 0 fully saturated rings. The highest BCUT2D eigenvalue weighted by atomic mass is 19.4. The minimum absolute atomic E-state index is 0.351. The summed E-state index contributed by atoms with van der Waals surface area (Å²) < 4.78 is 75.0. The fraction of sp³-hybridized carbons (Fsp3) is 0.333. The van der Waals surface area contributed by atoms with Crippen LogP contribution in [-0.4, -0.2) is 23.1 Å². The summed E-state index contributed by atoms with van der Waals surface area (Å²) in [7, 11) is 0. The van der Waals surface area contributed by atoms with E-state index in [2.05, 4.69) is 5.73 Å². The molecule has 0 spiro atoms. The third-order valence-electron chi connectivity index (χ3n) is 2.17. The van der Waals surface area contributed by atoms with Crippen molar-refractivity contribution in [1.29, 1.82) is 0 Å². The first-order chi connectivity index (χ1) is 8.38. The van der Waals surface area contributed by atoms with Crippen molar-refractivity contribution >= 4 is 11.4 Å². The summed E-state index contributed by atoms with van der Waals surface area (Å²) in [5, 5.41) is 10.2. The number of aromatic hydroxyl groups is 1. The zero-order chi connectivity index (χ0) is 15.1. The Labute approximate surface area is 103 Å². The molecule has 1 aromatic rings. The predicted molar refractivity (Wildman–Crippen MR) is 55.2 cm³/mol. The second-order valence-corrected chi connectivity index (χ2v) is 3.68. The molecule has 4 nitrogen and oxygen atoms in total. The van der Waals surface area contributed by atoms with Crippen molar-refractivity contribution in [3.05, 3.63) is 18.2 Å². The topological polar surface area (TPSA) is 84.3 Å². The highest BCUT2D eigenvalue weighted by Crippen LogP contribution is 2.43.